The number of ketones is 1. The molecule has 0 N–H and O–H groups in total. The summed E-state index contributed by atoms with van der Waals surface area (Å²) in [5, 5.41) is 0.420. The molecule has 0 radical (unpaired) electrons. The van der Waals surface area contributed by atoms with Gasteiger partial charge >= 0.3 is 0 Å². The Bertz CT molecular complexity index is 419. The molecule has 0 aliphatic carbocycles. The van der Waals surface area contributed by atoms with Crippen molar-refractivity contribution in [3.05, 3.63) is 23.7 Å². The molecule has 0 saturated carbocycles. The number of carbonyl (C=O) groups is 1. The lowest BCUT2D eigenvalue weighted by Gasteiger charge is -1.89. The summed E-state index contributed by atoms with van der Waals surface area (Å²) in [6, 6.07) is 0. The van der Waals surface area contributed by atoms with Crippen LogP contribution in [-0.2, 0) is 0 Å². The second-order valence-corrected chi connectivity index (χ2v) is 3.18. The Labute approximate surface area is 78.2 Å². The van der Waals surface area contributed by atoms with Crippen LogP contribution in [0.1, 0.15) is 16.7 Å². The molecule has 2 aromatic rings. The minimum Gasteiger partial charge on any atom is -0.292 e. The van der Waals surface area contributed by atoms with Crippen molar-refractivity contribution in [1.29, 1.82) is 0 Å². The van der Waals surface area contributed by atoms with Gasteiger partial charge < -0.3 is 0 Å². The Morgan fingerprint density at radius 2 is 2.46 bits per heavy atom. The van der Waals surface area contributed by atoms with Gasteiger partial charge in [-0.15, -0.1) is 0 Å². The zero-order valence-corrected chi connectivity index (χ0v) is 7.65. The van der Waals surface area contributed by atoms with E-state index in [-0.39, 0.29) is 5.78 Å². The zero-order valence-electron chi connectivity index (χ0n) is 6.84. The van der Waals surface area contributed by atoms with Gasteiger partial charge in [0.25, 0.3) is 0 Å². The minimum atomic E-state index is -0.0659. The lowest BCUT2D eigenvalue weighted by molar-refractivity contribution is 0.101. The van der Waals surface area contributed by atoms with E-state index < -0.39 is 0 Å². The Morgan fingerprint density at radius 1 is 1.62 bits per heavy atom. The maximum atomic E-state index is 10.9. The molecule has 13 heavy (non-hydrogen) atoms. The summed E-state index contributed by atoms with van der Waals surface area (Å²) >= 11 is 1.10. The number of Topliss-reactive ketones (excluding diaryl/α,β-unsaturated/α-hetero) is 1. The number of nitrogens with zero attached hydrogens (tertiary/aromatic N) is 4. The second kappa shape index (κ2) is 3.06. The molecule has 0 amide bonds. The predicted octanol–water partition coefficient (Wildman–Crippen LogP) is 0.926. The third-order valence-corrected chi connectivity index (χ3v) is 2.26. The summed E-state index contributed by atoms with van der Waals surface area (Å²) in [5.41, 5.74) is 0. The molecule has 0 saturated heterocycles. The third-order valence-electron chi connectivity index (χ3n) is 1.45. The highest BCUT2D eigenvalue weighted by atomic mass is 32.1. The van der Waals surface area contributed by atoms with E-state index in [0.717, 1.165) is 11.5 Å². The zero-order chi connectivity index (χ0) is 9.26. The van der Waals surface area contributed by atoms with Crippen LogP contribution in [0.25, 0.3) is 5.95 Å². The maximum Gasteiger partial charge on any atom is 0.247 e. The molecular weight excluding hydrogens is 188 g/mol. The van der Waals surface area contributed by atoms with Crippen LogP contribution in [-0.4, -0.2) is 24.7 Å². The van der Waals surface area contributed by atoms with Crippen molar-refractivity contribution in [2.75, 3.05) is 0 Å². The van der Waals surface area contributed by atoms with E-state index in [1.807, 2.05) is 0 Å². The Kier molecular flexibility index (Phi) is 1.90. The van der Waals surface area contributed by atoms with E-state index in [9.17, 15) is 4.79 Å². The summed E-state index contributed by atoms with van der Waals surface area (Å²) in [6.07, 6.45) is 4.95. The van der Waals surface area contributed by atoms with Gasteiger partial charge in [-0.2, -0.15) is 9.36 Å². The molecule has 5 nitrogen and oxygen atoms in total. The van der Waals surface area contributed by atoms with Crippen LogP contribution in [0.3, 0.4) is 0 Å². The largest absolute Gasteiger partial charge is 0.292 e. The quantitative estimate of drug-likeness (QED) is 0.667. The highest BCUT2D eigenvalue weighted by molar-refractivity contribution is 7.07. The SMILES string of the molecule is CC(=O)c1nc(-n2ccnc2)ns1. The molecular formula is C7H6N4OS. The molecule has 0 bridgehead atoms. The third kappa shape index (κ3) is 1.48. The molecule has 2 rings (SSSR count). The van der Waals surface area contributed by atoms with Crippen molar-refractivity contribution in [2.45, 2.75) is 6.92 Å². The molecule has 0 atom stereocenters. The van der Waals surface area contributed by atoms with Crippen molar-refractivity contribution in [3.63, 3.8) is 0 Å². The monoisotopic (exact) mass is 194 g/mol. The molecule has 6 heteroatoms. The fourth-order valence-corrected chi connectivity index (χ4v) is 1.40. The van der Waals surface area contributed by atoms with Crippen LogP contribution in [0.15, 0.2) is 18.7 Å². The van der Waals surface area contributed by atoms with Gasteiger partial charge in [0.2, 0.25) is 5.95 Å². The molecule has 0 fully saturated rings. The van der Waals surface area contributed by atoms with Gasteiger partial charge in [0.15, 0.2) is 10.8 Å². The lowest BCUT2D eigenvalue weighted by Crippen LogP contribution is -1.95. The number of hydrogen-bond acceptors (Lipinski definition) is 5. The number of imidazole rings is 1. The molecule has 0 aliphatic rings. The average Bonchev–Trinajstić information content (AvgIpc) is 2.75. The van der Waals surface area contributed by atoms with Crippen LogP contribution < -0.4 is 0 Å². The Balaban J connectivity index is 2.39. The maximum absolute atomic E-state index is 10.9. The Morgan fingerprint density at radius 3 is 3.00 bits per heavy atom. The molecule has 0 spiro atoms. The highest BCUT2D eigenvalue weighted by Crippen LogP contribution is 2.08. The fraction of sp³-hybridized carbons (Fsp3) is 0.143. The number of aromatic nitrogens is 4. The predicted molar refractivity (Wildman–Crippen MR) is 47.0 cm³/mol. The molecule has 0 aliphatic heterocycles. The lowest BCUT2D eigenvalue weighted by atomic mass is 10.5. The number of carbonyl (C=O) groups excluding carboxylic acids is 1. The first-order chi connectivity index (χ1) is 6.27. The first-order valence-electron chi connectivity index (χ1n) is 3.60. The average molecular weight is 194 g/mol. The van der Waals surface area contributed by atoms with E-state index in [0.29, 0.717) is 11.0 Å². The van der Waals surface area contributed by atoms with Gasteiger partial charge in [0, 0.05) is 19.3 Å². The van der Waals surface area contributed by atoms with Crippen LogP contribution in [0.5, 0.6) is 0 Å². The summed E-state index contributed by atoms with van der Waals surface area (Å²) in [4.78, 5) is 18.8. The first kappa shape index (κ1) is 8.06. The van der Waals surface area contributed by atoms with E-state index in [1.54, 1.807) is 23.3 Å². The van der Waals surface area contributed by atoms with Crippen LogP contribution in [0.2, 0.25) is 0 Å². The molecule has 0 unspecified atom stereocenters. The van der Waals surface area contributed by atoms with Crippen LogP contribution in [0, 0.1) is 0 Å². The molecule has 2 heterocycles. The minimum absolute atomic E-state index is 0.0659. The molecule has 0 aromatic carbocycles. The number of rotatable bonds is 2. The van der Waals surface area contributed by atoms with Crippen molar-refractivity contribution < 1.29 is 4.79 Å². The van der Waals surface area contributed by atoms with Crippen LogP contribution >= 0.6 is 11.5 Å². The molecule has 2 aromatic heterocycles. The van der Waals surface area contributed by atoms with Crippen molar-refractivity contribution in [1.82, 2.24) is 18.9 Å². The van der Waals surface area contributed by atoms with Gasteiger partial charge in [-0.1, -0.05) is 0 Å². The second-order valence-electron chi connectivity index (χ2n) is 2.43. The van der Waals surface area contributed by atoms with Crippen molar-refractivity contribution >= 4 is 17.3 Å². The Hall–Kier alpha value is -1.56. The van der Waals surface area contributed by atoms with Crippen molar-refractivity contribution in [2.24, 2.45) is 0 Å². The standard InChI is InChI=1S/C7H6N4OS/c1-5(12)6-9-7(10-13-6)11-3-2-8-4-11/h2-4H,1H3. The van der Waals surface area contributed by atoms with Crippen LogP contribution in [0.4, 0.5) is 0 Å². The summed E-state index contributed by atoms with van der Waals surface area (Å²) in [5.74, 6) is 0.427. The van der Waals surface area contributed by atoms with Gasteiger partial charge in [0.1, 0.15) is 6.33 Å². The summed E-state index contributed by atoms with van der Waals surface area (Å²) in [6.45, 7) is 1.47. The molecule has 66 valence electrons. The van der Waals surface area contributed by atoms with E-state index in [4.69, 9.17) is 0 Å². The van der Waals surface area contributed by atoms with E-state index in [1.165, 1.54) is 6.92 Å². The topological polar surface area (TPSA) is 60.7 Å². The number of hydrogen-bond donors (Lipinski definition) is 0. The van der Waals surface area contributed by atoms with Crippen molar-refractivity contribution in [3.8, 4) is 5.95 Å². The highest BCUT2D eigenvalue weighted by Gasteiger charge is 2.08. The van der Waals surface area contributed by atoms with Gasteiger partial charge in [-0.05, 0) is 11.5 Å². The first-order valence-corrected chi connectivity index (χ1v) is 4.37. The summed E-state index contributed by atoms with van der Waals surface area (Å²) in [7, 11) is 0. The van der Waals surface area contributed by atoms with Gasteiger partial charge in [0.05, 0.1) is 0 Å². The van der Waals surface area contributed by atoms with Gasteiger partial charge in [-0.3, -0.25) is 9.36 Å². The summed E-state index contributed by atoms with van der Waals surface area (Å²) < 4.78 is 5.67. The van der Waals surface area contributed by atoms with Gasteiger partial charge in [-0.25, -0.2) is 4.98 Å². The van der Waals surface area contributed by atoms with E-state index >= 15 is 0 Å². The normalized spacial score (nSPS) is 10.2. The fourth-order valence-electron chi connectivity index (χ4n) is 0.841. The van der Waals surface area contributed by atoms with E-state index in [2.05, 4.69) is 14.3 Å². The smallest absolute Gasteiger partial charge is 0.247 e.